The van der Waals surface area contributed by atoms with Gasteiger partial charge in [-0.25, -0.2) is 0 Å². The van der Waals surface area contributed by atoms with Gasteiger partial charge in [-0.15, -0.1) is 0 Å². The third kappa shape index (κ3) is 3.11. The number of hydrogen-bond donors (Lipinski definition) is 0. The molecule has 20 heavy (non-hydrogen) atoms. The number of carbonyl (C=O) groups is 1. The van der Waals surface area contributed by atoms with Crippen LogP contribution in [-0.2, 0) is 11.3 Å². The number of carbonyl (C=O) groups excluding carboxylic acids is 1. The molecule has 0 aromatic heterocycles. The van der Waals surface area contributed by atoms with Crippen molar-refractivity contribution in [3.05, 3.63) is 29.3 Å². The van der Waals surface area contributed by atoms with Crippen LogP contribution in [0.15, 0.2) is 18.2 Å². The van der Waals surface area contributed by atoms with Crippen LogP contribution in [-0.4, -0.2) is 24.5 Å². The number of hydrogen-bond acceptors (Lipinski definition) is 3. The van der Waals surface area contributed by atoms with E-state index in [1.807, 2.05) is 4.90 Å². The van der Waals surface area contributed by atoms with E-state index in [1.54, 1.807) is 25.3 Å². The molecule has 0 saturated carbocycles. The van der Waals surface area contributed by atoms with E-state index >= 15 is 0 Å². The third-order valence-corrected chi connectivity index (χ3v) is 3.76. The predicted octanol–water partition coefficient (Wildman–Crippen LogP) is 2.72. The van der Waals surface area contributed by atoms with Crippen molar-refractivity contribution in [3.8, 4) is 11.8 Å². The zero-order chi connectivity index (χ0) is 14.5. The van der Waals surface area contributed by atoms with Crippen molar-refractivity contribution >= 4 is 5.91 Å². The molecule has 1 saturated heterocycles. The van der Waals surface area contributed by atoms with Gasteiger partial charge in [-0.05, 0) is 30.5 Å². The van der Waals surface area contributed by atoms with Crippen LogP contribution < -0.4 is 4.74 Å². The van der Waals surface area contributed by atoms with Crippen molar-refractivity contribution in [3.63, 3.8) is 0 Å². The first-order valence-corrected chi connectivity index (χ1v) is 7.02. The van der Waals surface area contributed by atoms with Gasteiger partial charge in [0.05, 0.1) is 18.7 Å². The summed E-state index contributed by atoms with van der Waals surface area (Å²) in [5.41, 5.74) is 1.50. The van der Waals surface area contributed by atoms with Crippen molar-refractivity contribution in [2.75, 3.05) is 13.7 Å². The minimum Gasteiger partial charge on any atom is -0.496 e. The lowest BCUT2D eigenvalue weighted by Gasteiger charge is -2.18. The highest BCUT2D eigenvalue weighted by Gasteiger charge is 2.29. The molecular weight excluding hydrogens is 252 g/mol. The van der Waals surface area contributed by atoms with E-state index in [1.165, 1.54) is 0 Å². The second-order valence-electron chi connectivity index (χ2n) is 5.27. The molecule has 0 radical (unpaired) electrons. The Balaban J connectivity index is 2.13. The number of benzene rings is 1. The number of rotatable bonds is 5. The van der Waals surface area contributed by atoms with Gasteiger partial charge in [-0.3, -0.25) is 4.79 Å². The Morgan fingerprint density at radius 1 is 1.50 bits per heavy atom. The molecule has 1 heterocycles. The minimum atomic E-state index is 0.202. The average Bonchev–Trinajstić information content (AvgIpc) is 2.79. The first-order chi connectivity index (χ1) is 9.67. The summed E-state index contributed by atoms with van der Waals surface area (Å²) in [6.45, 7) is 3.48. The normalized spacial score (nSPS) is 18.1. The Hall–Kier alpha value is -2.02. The van der Waals surface area contributed by atoms with Crippen molar-refractivity contribution in [1.82, 2.24) is 4.90 Å². The van der Waals surface area contributed by atoms with E-state index in [-0.39, 0.29) is 5.91 Å². The molecule has 1 unspecified atom stereocenters. The first kappa shape index (κ1) is 14.4. The fourth-order valence-corrected chi connectivity index (χ4v) is 2.79. The SMILES string of the molecule is CCCC1CC(=O)N(Cc2cc(C#N)ccc2OC)C1. The number of nitrogens with zero attached hydrogens (tertiary/aromatic N) is 2. The fraction of sp³-hybridized carbons (Fsp3) is 0.500. The summed E-state index contributed by atoms with van der Waals surface area (Å²) in [5.74, 6) is 1.40. The molecule has 0 aliphatic carbocycles. The van der Waals surface area contributed by atoms with Crippen LogP contribution in [0.5, 0.6) is 5.75 Å². The van der Waals surface area contributed by atoms with E-state index in [0.717, 1.165) is 30.7 Å². The molecule has 1 fully saturated rings. The summed E-state index contributed by atoms with van der Waals surface area (Å²) in [6.07, 6.45) is 2.85. The van der Waals surface area contributed by atoms with Crippen molar-refractivity contribution in [1.29, 1.82) is 5.26 Å². The van der Waals surface area contributed by atoms with Crippen molar-refractivity contribution < 1.29 is 9.53 Å². The second-order valence-corrected chi connectivity index (χ2v) is 5.27. The van der Waals surface area contributed by atoms with Gasteiger partial charge in [-0.2, -0.15) is 5.26 Å². The fourth-order valence-electron chi connectivity index (χ4n) is 2.79. The molecule has 1 aliphatic rings. The molecule has 4 heteroatoms. The monoisotopic (exact) mass is 272 g/mol. The van der Waals surface area contributed by atoms with E-state index in [2.05, 4.69) is 13.0 Å². The third-order valence-electron chi connectivity index (χ3n) is 3.76. The maximum atomic E-state index is 12.0. The standard InChI is InChI=1S/C16H20N2O2/c1-3-4-13-8-16(19)18(10-13)11-14-7-12(9-17)5-6-15(14)20-2/h5-7,13H,3-4,8,10-11H2,1-2H3. The highest BCUT2D eigenvalue weighted by Crippen LogP contribution is 2.27. The van der Waals surface area contributed by atoms with Crippen LogP contribution in [0.2, 0.25) is 0 Å². The quantitative estimate of drug-likeness (QED) is 0.828. The molecule has 1 amide bonds. The van der Waals surface area contributed by atoms with Crippen LogP contribution in [0.1, 0.15) is 37.3 Å². The topological polar surface area (TPSA) is 53.3 Å². The lowest BCUT2D eigenvalue weighted by atomic mass is 10.0. The van der Waals surface area contributed by atoms with Gasteiger partial charge in [-0.1, -0.05) is 13.3 Å². The van der Waals surface area contributed by atoms with Crippen molar-refractivity contribution in [2.24, 2.45) is 5.92 Å². The Kier molecular flexibility index (Phi) is 4.62. The summed E-state index contributed by atoms with van der Waals surface area (Å²) < 4.78 is 5.32. The Bertz CT molecular complexity index is 534. The summed E-state index contributed by atoms with van der Waals surface area (Å²) in [4.78, 5) is 13.9. The van der Waals surface area contributed by atoms with Crippen LogP contribution >= 0.6 is 0 Å². The highest BCUT2D eigenvalue weighted by atomic mass is 16.5. The summed E-state index contributed by atoms with van der Waals surface area (Å²) >= 11 is 0. The van der Waals surface area contributed by atoms with E-state index in [9.17, 15) is 4.79 Å². The van der Waals surface area contributed by atoms with Gasteiger partial charge in [0.2, 0.25) is 5.91 Å². The Labute approximate surface area is 120 Å². The number of nitriles is 1. The first-order valence-electron chi connectivity index (χ1n) is 7.02. The number of ether oxygens (including phenoxy) is 1. The van der Waals surface area contributed by atoms with Gasteiger partial charge in [0.1, 0.15) is 5.75 Å². The van der Waals surface area contributed by atoms with E-state index < -0.39 is 0 Å². The lowest BCUT2D eigenvalue weighted by Crippen LogP contribution is -2.24. The Morgan fingerprint density at radius 3 is 2.95 bits per heavy atom. The van der Waals surface area contributed by atoms with Gasteiger partial charge in [0, 0.05) is 25.1 Å². The molecule has 2 rings (SSSR count). The number of likely N-dealkylation sites (tertiary alicyclic amines) is 1. The van der Waals surface area contributed by atoms with Crippen molar-refractivity contribution in [2.45, 2.75) is 32.7 Å². The number of amides is 1. The van der Waals surface area contributed by atoms with Crippen LogP contribution in [0.25, 0.3) is 0 Å². The molecule has 1 atom stereocenters. The van der Waals surface area contributed by atoms with Crippen LogP contribution in [0.3, 0.4) is 0 Å². The molecule has 1 aromatic rings. The highest BCUT2D eigenvalue weighted by molar-refractivity contribution is 5.78. The maximum Gasteiger partial charge on any atom is 0.223 e. The molecule has 1 aliphatic heterocycles. The number of methoxy groups -OCH3 is 1. The van der Waals surface area contributed by atoms with E-state index in [4.69, 9.17) is 10.00 Å². The van der Waals surface area contributed by atoms with Gasteiger partial charge >= 0.3 is 0 Å². The largest absolute Gasteiger partial charge is 0.496 e. The summed E-state index contributed by atoms with van der Waals surface area (Å²) in [5, 5.41) is 8.98. The lowest BCUT2D eigenvalue weighted by molar-refractivity contribution is -0.128. The van der Waals surface area contributed by atoms with Crippen LogP contribution in [0.4, 0.5) is 0 Å². The Morgan fingerprint density at radius 2 is 2.30 bits per heavy atom. The van der Waals surface area contributed by atoms with E-state index in [0.29, 0.717) is 24.4 Å². The zero-order valence-corrected chi connectivity index (χ0v) is 12.1. The van der Waals surface area contributed by atoms with Gasteiger partial charge in [0.25, 0.3) is 0 Å². The summed E-state index contributed by atoms with van der Waals surface area (Å²) in [6, 6.07) is 7.45. The molecule has 106 valence electrons. The van der Waals surface area contributed by atoms with Gasteiger partial charge in [0.15, 0.2) is 0 Å². The molecule has 1 aromatic carbocycles. The van der Waals surface area contributed by atoms with Crippen LogP contribution in [0, 0.1) is 17.2 Å². The molecule has 4 nitrogen and oxygen atoms in total. The molecule has 0 spiro atoms. The maximum absolute atomic E-state index is 12.0. The smallest absolute Gasteiger partial charge is 0.223 e. The summed E-state index contributed by atoms with van der Waals surface area (Å²) in [7, 11) is 1.61. The average molecular weight is 272 g/mol. The zero-order valence-electron chi connectivity index (χ0n) is 12.1. The van der Waals surface area contributed by atoms with Gasteiger partial charge < -0.3 is 9.64 Å². The molecule has 0 N–H and O–H groups in total. The molecule has 0 bridgehead atoms. The minimum absolute atomic E-state index is 0.202. The predicted molar refractivity (Wildman–Crippen MR) is 76.1 cm³/mol. The second kappa shape index (κ2) is 6.42. The molecular formula is C16H20N2O2.